The normalized spacial score (nSPS) is 24.2. The van der Waals surface area contributed by atoms with Crippen LogP contribution in [-0.4, -0.2) is 54.3 Å². The molecule has 2 fully saturated rings. The van der Waals surface area contributed by atoms with Gasteiger partial charge in [-0.05, 0) is 37.3 Å². The van der Waals surface area contributed by atoms with Crippen molar-refractivity contribution < 1.29 is 9.59 Å². The van der Waals surface area contributed by atoms with Gasteiger partial charge < -0.3 is 10.2 Å². The Morgan fingerprint density at radius 2 is 1.74 bits per heavy atom. The molecule has 2 amide bonds. The topological polar surface area (TPSA) is 52.7 Å². The van der Waals surface area contributed by atoms with Gasteiger partial charge in [-0.3, -0.25) is 14.5 Å². The predicted octanol–water partition coefficient (Wildman–Crippen LogP) is 3.01. The van der Waals surface area contributed by atoms with Crippen LogP contribution >= 0.6 is 0 Å². The van der Waals surface area contributed by atoms with Gasteiger partial charge in [0, 0.05) is 31.9 Å². The molecule has 1 heterocycles. The maximum absolute atomic E-state index is 12.9. The van der Waals surface area contributed by atoms with Crippen molar-refractivity contribution in [1.29, 1.82) is 0 Å². The molecule has 0 spiro atoms. The van der Waals surface area contributed by atoms with E-state index in [0.29, 0.717) is 25.6 Å². The summed E-state index contributed by atoms with van der Waals surface area (Å²) in [4.78, 5) is 29.2. The standard InChI is InChI=1S/C22H31N3O2/c1-16(2)14-18-20(22(18,3)4)21(27)25-12-10-24(11-13-25)15-19(26)23-17-8-6-5-7-9-17/h5-9,14,18,20H,10-13,15H2,1-4H3,(H,23,26). The molecule has 0 bridgehead atoms. The molecule has 3 rings (SSSR count). The number of amides is 2. The van der Waals surface area contributed by atoms with Crippen molar-refractivity contribution in [3.8, 4) is 0 Å². The maximum atomic E-state index is 12.9. The minimum atomic E-state index is -0.00655. The number of piperazine rings is 1. The summed E-state index contributed by atoms with van der Waals surface area (Å²) in [7, 11) is 0. The lowest BCUT2D eigenvalue weighted by Crippen LogP contribution is -2.51. The van der Waals surface area contributed by atoms with Gasteiger partial charge in [0.05, 0.1) is 12.5 Å². The zero-order valence-electron chi connectivity index (χ0n) is 16.9. The first kappa shape index (κ1) is 19.6. The van der Waals surface area contributed by atoms with Crippen LogP contribution < -0.4 is 5.32 Å². The second kappa shape index (κ2) is 7.85. The summed E-state index contributed by atoms with van der Waals surface area (Å²) in [5, 5.41) is 2.92. The molecule has 2 unspecified atom stereocenters. The molecule has 5 heteroatoms. The molecule has 1 saturated carbocycles. The van der Waals surface area contributed by atoms with E-state index in [9.17, 15) is 9.59 Å². The number of nitrogens with zero attached hydrogens (tertiary/aromatic N) is 2. The Labute approximate surface area is 162 Å². The van der Waals surface area contributed by atoms with Crippen molar-refractivity contribution in [1.82, 2.24) is 9.80 Å². The molecule has 1 aromatic carbocycles. The zero-order chi connectivity index (χ0) is 19.6. The van der Waals surface area contributed by atoms with Crippen molar-refractivity contribution in [2.45, 2.75) is 27.7 Å². The summed E-state index contributed by atoms with van der Waals surface area (Å²) >= 11 is 0. The van der Waals surface area contributed by atoms with Gasteiger partial charge >= 0.3 is 0 Å². The van der Waals surface area contributed by atoms with Crippen molar-refractivity contribution in [2.24, 2.45) is 17.3 Å². The summed E-state index contributed by atoms with van der Waals surface area (Å²) in [6.45, 7) is 11.8. The van der Waals surface area contributed by atoms with E-state index < -0.39 is 0 Å². The van der Waals surface area contributed by atoms with E-state index in [4.69, 9.17) is 0 Å². The van der Waals surface area contributed by atoms with Gasteiger partial charge in [-0.15, -0.1) is 0 Å². The van der Waals surface area contributed by atoms with E-state index in [0.717, 1.165) is 18.8 Å². The number of carbonyl (C=O) groups excluding carboxylic acids is 2. The molecule has 0 aromatic heterocycles. The number of carbonyl (C=O) groups is 2. The summed E-state index contributed by atoms with van der Waals surface area (Å²) in [5.74, 6) is 0.717. The van der Waals surface area contributed by atoms with Gasteiger partial charge in [0.25, 0.3) is 0 Å². The Balaban J connectivity index is 1.47. The highest BCUT2D eigenvalue weighted by Crippen LogP contribution is 2.60. The van der Waals surface area contributed by atoms with Crippen LogP contribution in [0.1, 0.15) is 27.7 Å². The number of rotatable bonds is 5. The van der Waals surface area contributed by atoms with Crippen LogP contribution in [0.2, 0.25) is 0 Å². The molecule has 0 radical (unpaired) electrons. The molecule has 2 aliphatic rings. The van der Waals surface area contributed by atoms with Crippen LogP contribution in [0.25, 0.3) is 0 Å². The Kier molecular flexibility index (Phi) is 5.70. The fourth-order valence-corrected chi connectivity index (χ4v) is 4.07. The Morgan fingerprint density at radius 1 is 1.11 bits per heavy atom. The van der Waals surface area contributed by atoms with E-state index in [-0.39, 0.29) is 23.1 Å². The van der Waals surface area contributed by atoms with Crippen molar-refractivity contribution in [3.63, 3.8) is 0 Å². The summed E-state index contributed by atoms with van der Waals surface area (Å²) in [5.41, 5.74) is 2.15. The van der Waals surface area contributed by atoms with Crippen LogP contribution in [0.5, 0.6) is 0 Å². The maximum Gasteiger partial charge on any atom is 0.238 e. The molecular formula is C22H31N3O2. The third-order valence-electron chi connectivity index (χ3n) is 5.80. The summed E-state index contributed by atoms with van der Waals surface area (Å²) in [6.07, 6.45) is 2.24. The fourth-order valence-electron chi connectivity index (χ4n) is 4.07. The highest BCUT2D eigenvalue weighted by atomic mass is 16.2. The highest BCUT2D eigenvalue weighted by molar-refractivity contribution is 5.92. The van der Waals surface area contributed by atoms with Gasteiger partial charge in [-0.2, -0.15) is 0 Å². The molecule has 1 N–H and O–H groups in total. The average Bonchev–Trinajstić information content (AvgIpc) is 3.15. The van der Waals surface area contributed by atoms with Crippen LogP contribution in [0.4, 0.5) is 5.69 Å². The monoisotopic (exact) mass is 369 g/mol. The first-order valence-corrected chi connectivity index (χ1v) is 9.80. The molecule has 5 nitrogen and oxygen atoms in total. The molecule has 2 atom stereocenters. The number of para-hydroxylation sites is 1. The molecule has 1 saturated heterocycles. The van der Waals surface area contributed by atoms with Crippen molar-refractivity contribution in [2.75, 3.05) is 38.0 Å². The molecular weight excluding hydrogens is 338 g/mol. The lowest BCUT2D eigenvalue weighted by atomic mass is 10.1. The van der Waals surface area contributed by atoms with E-state index in [1.807, 2.05) is 35.2 Å². The Bertz CT molecular complexity index is 714. The molecule has 1 aromatic rings. The molecule has 1 aliphatic carbocycles. The van der Waals surface area contributed by atoms with Gasteiger partial charge in [-0.25, -0.2) is 0 Å². The highest BCUT2D eigenvalue weighted by Gasteiger charge is 2.61. The van der Waals surface area contributed by atoms with E-state index in [1.165, 1.54) is 5.57 Å². The van der Waals surface area contributed by atoms with Gasteiger partial charge in [0.15, 0.2) is 0 Å². The van der Waals surface area contributed by atoms with Gasteiger partial charge in [-0.1, -0.05) is 43.7 Å². The predicted molar refractivity (Wildman–Crippen MR) is 108 cm³/mol. The number of hydrogen-bond acceptors (Lipinski definition) is 3. The van der Waals surface area contributed by atoms with Gasteiger partial charge in [0.1, 0.15) is 0 Å². The lowest BCUT2D eigenvalue weighted by Gasteiger charge is -2.34. The van der Waals surface area contributed by atoms with Crippen LogP contribution in [0.3, 0.4) is 0 Å². The number of hydrogen-bond donors (Lipinski definition) is 1. The SMILES string of the molecule is CC(C)=CC1C(C(=O)N2CCN(CC(=O)Nc3ccccc3)CC2)C1(C)C. The Hall–Kier alpha value is -2.14. The zero-order valence-corrected chi connectivity index (χ0v) is 16.9. The smallest absolute Gasteiger partial charge is 0.238 e. The first-order valence-electron chi connectivity index (χ1n) is 9.80. The van der Waals surface area contributed by atoms with Crippen molar-refractivity contribution >= 4 is 17.5 Å². The van der Waals surface area contributed by atoms with Crippen LogP contribution in [0.15, 0.2) is 42.0 Å². The largest absolute Gasteiger partial charge is 0.340 e. The van der Waals surface area contributed by atoms with E-state index in [2.05, 4.69) is 44.0 Å². The first-order chi connectivity index (χ1) is 12.8. The minimum Gasteiger partial charge on any atom is -0.340 e. The third kappa shape index (κ3) is 4.59. The lowest BCUT2D eigenvalue weighted by molar-refractivity contribution is -0.135. The molecule has 1 aliphatic heterocycles. The summed E-state index contributed by atoms with van der Waals surface area (Å²) in [6, 6.07) is 9.50. The van der Waals surface area contributed by atoms with E-state index in [1.54, 1.807) is 0 Å². The Morgan fingerprint density at radius 3 is 2.33 bits per heavy atom. The fraction of sp³-hybridized carbons (Fsp3) is 0.545. The molecule has 146 valence electrons. The average molecular weight is 370 g/mol. The minimum absolute atomic E-state index is 0.00655. The quantitative estimate of drug-likeness (QED) is 0.812. The van der Waals surface area contributed by atoms with E-state index >= 15 is 0 Å². The number of anilines is 1. The second-order valence-electron chi connectivity index (χ2n) is 8.58. The van der Waals surface area contributed by atoms with Gasteiger partial charge in [0.2, 0.25) is 11.8 Å². The molecule has 27 heavy (non-hydrogen) atoms. The third-order valence-corrected chi connectivity index (χ3v) is 5.80. The van der Waals surface area contributed by atoms with Crippen LogP contribution in [-0.2, 0) is 9.59 Å². The summed E-state index contributed by atoms with van der Waals surface area (Å²) < 4.78 is 0. The van der Waals surface area contributed by atoms with Crippen molar-refractivity contribution in [3.05, 3.63) is 42.0 Å². The van der Waals surface area contributed by atoms with Crippen LogP contribution in [0, 0.1) is 17.3 Å². The number of allylic oxidation sites excluding steroid dienone is 2. The number of nitrogens with one attached hydrogen (secondary N) is 1. The second-order valence-corrected chi connectivity index (χ2v) is 8.58. The number of benzene rings is 1.